The van der Waals surface area contributed by atoms with Crippen molar-refractivity contribution in [3.05, 3.63) is 12.7 Å². The molecule has 0 bridgehead atoms. The van der Waals surface area contributed by atoms with Gasteiger partial charge in [0.15, 0.2) is 0 Å². The van der Waals surface area contributed by atoms with Crippen LogP contribution in [0.4, 0.5) is 0 Å². The van der Waals surface area contributed by atoms with Crippen molar-refractivity contribution in [2.45, 2.75) is 6.10 Å². The van der Waals surface area contributed by atoms with Crippen molar-refractivity contribution in [3.63, 3.8) is 0 Å². The number of hydrogen-bond donors (Lipinski definition) is 0. The highest BCUT2D eigenvalue weighted by atomic mass is 35.5. The zero-order chi connectivity index (χ0) is 11.7. The lowest BCUT2D eigenvalue weighted by molar-refractivity contribution is -0.137. The van der Waals surface area contributed by atoms with E-state index < -0.39 is 0 Å². The zero-order valence-corrected chi connectivity index (χ0v) is 10.00. The van der Waals surface area contributed by atoms with Gasteiger partial charge in [-0.1, -0.05) is 6.58 Å². The molecule has 0 spiro atoms. The molecule has 0 aliphatic carbocycles. The molecule has 0 aromatic rings. The Morgan fingerprint density at radius 3 is 2.60 bits per heavy atom. The molecule has 15 heavy (non-hydrogen) atoms. The first-order valence-corrected chi connectivity index (χ1v) is 5.25. The lowest BCUT2D eigenvalue weighted by atomic mass is 10.6. The van der Waals surface area contributed by atoms with E-state index >= 15 is 0 Å². The Morgan fingerprint density at radius 1 is 1.73 bits per heavy atom. The smallest absolute Gasteiger partial charge is 0.330 e. The van der Waals surface area contributed by atoms with E-state index in [-0.39, 0.29) is 5.97 Å². The van der Waals surface area contributed by atoms with E-state index in [9.17, 15) is 4.79 Å². The summed E-state index contributed by atoms with van der Waals surface area (Å²) < 4.78 is 9.43. The topological polar surface area (TPSA) is 42.1 Å². The predicted molar refractivity (Wildman–Crippen MR) is 60.2 cm³/mol. The zero-order valence-electron chi connectivity index (χ0n) is 9.24. The van der Waals surface area contributed by atoms with E-state index in [1.807, 2.05) is 19.0 Å². The predicted octanol–water partition coefficient (Wildman–Crippen LogP) is 0.901. The molecule has 5 heteroatoms. The first-order valence-electron chi connectivity index (χ1n) is 4.71. The summed E-state index contributed by atoms with van der Waals surface area (Å²) in [7, 11) is 3.84. The third-order valence-corrected chi connectivity index (χ3v) is 1.87. The van der Waals surface area contributed by atoms with E-state index in [1.165, 1.54) is 0 Å². The maximum absolute atomic E-state index is 10.4. The molecule has 0 aromatic heterocycles. The number of esters is 1. The Kier molecular flexibility index (Phi) is 8.37. The Balaban J connectivity index is 0.000000322. The number of alkyl halides is 1. The quantitative estimate of drug-likeness (QED) is 0.307. The van der Waals surface area contributed by atoms with E-state index in [0.29, 0.717) is 18.6 Å². The number of nitrogens with zero attached hydrogens (tertiary/aromatic N) is 1. The monoisotopic (exact) mass is 235 g/mol. The summed E-state index contributed by atoms with van der Waals surface area (Å²) in [6.45, 7) is 5.33. The molecule has 1 atom stereocenters. The van der Waals surface area contributed by atoms with Crippen molar-refractivity contribution in [3.8, 4) is 0 Å². The van der Waals surface area contributed by atoms with Crippen LogP contribution < -0.4 is 0 Å². The van der Waals surface area contributed by atoms with Crippen LogP contribution in [0.1, 0.15) is 0 Å². The van der Waals surface area contributed by atoms with Crippen molar-refractivity contribution < 1.29 is 14.3 Å². The lowest BCUT2D eigenvalue weighted by Crippen LogP contribution is -2.19. The van der Waals surface area contributed by atoms with Crippen molar-refractivity contribution in [1.82, 2.24) is 4.90 Å². The van der Waals surface area contributed by atoms with Gasteiger partial charge in [0, 0.05) is 12.6 Å². The fourth-order valence-electron chi connectivity index (χ4n) is 0.545. The van der Waals surface area contributed by atoms with Crippen LogP contribution in [0.2, 0.25) is 0 Å². The summed E-state index contributed by atoms with van der Waals surface area (Å²) in [6.07, 6.45) is 1.56. The van der Waals surface area contributed by atoms with Crippen molar-refractivity contribution in [2.24, 2.45) is 0 Å². The second-order valence-electron chi connectivity index (χ2n) is 3.28. The molecular formula is C10H18ClNO3. The summed E-state index contributed by atoms with van der Waals surface area (Å²) in [4.78, 5) is 12.4. The van der Waals surface area contributed by atoms with Crippen LogP contribution >= 0.6 is 11.6 Å². The number of halogens is 1. The van der Waals surface area contributed by atoms with Crippen LogP contribution in [0.25, 0.3) is 0 Å². The van der Waals surface area contributed by atoms with E-state index in [0.717, 1.165) is 19.2 Å². The molecule has 0 radical (unpaired) electrons. The van der Waals surface area contributed by atoms with E-state index in [1.54, 1.807) is 0 Å². The molecule has 1 aliphatic rings. The average molecular weight is 236 g/mol. The largest absolute Gasteiger partial charge is 0.461 e. The van der Waals surface area contributed by atoms with Crippen molar-refractivity contribution >= 4 is 17.6 Å². The molecule has 1 saturated heterocycles. The minimum Gasteiger partial charge on any atom is -0.461 e. The molecule has 88 valence electrons. The molecular weight excluding hydrogens is 218 g/mol. The molecule has 1 heterocycles. The van der Waals surface area contributed by atoms with Gasteiger partial charge in [-0.3, -0.25) is 0 Å². The normalized spacial score (nSPS) is 17.7. The number of ether oxygens (including phenoxy) is 2. The highest BCUT2D eigenvalue weighted by molar-refractivity contribution is 6.18. The first kappa shape index (κ1) is 14.4. The second-order valence-corrected chi connectivity index (χ2v) is 3.59. The maximum atomic E-state index is 10.4. The molecule has 4 nitrogen and oxygen atoms in total. The Bertz CT molecular complexity index is 193. The van der Waals surface area contributed by atoms with Crippen LogP contribution in [-0.4, -0.2) is 56.7 Å². The highest BCUT2D eigenvalue weighted by Crippen LogP contribution is 2.08. The van der Waals surface area contributed by atoms with Gasteiger partial charge >= 0.3 is 5.97 Å². The second kappa shape index (κ2) is 8.71. The maximum Gasteiger partial charge on any atom is 0.330 e. The van der Waals surface area contributed by atoms with Crippen molar-refractivity contribution in [1.29, 1.82) is 0 Å². The Hall–Kier alpha value is -0.580. The molecule has 1 fully saturated rings. The van der Waals surface area contributed by atoms with E-state index in [2.05, 4.69) is 6.58 Å². The molecule has 0 aromatic carbocycles. The SMILES string of the molecule is C=CC(=O)OCCN(C)C.ClCC1CO1. The van der Waals surface area contributed by atoms with Gasteiger partial charge in [0.25, 0.3) is 0 Å². The Labute approximate surface area is 95.8 Å². The standard InChI is InChI=1S/C7H13NO2.C3H5ClO/c1-4-7(9)10-6-5-8(2)3;4-1-3-2-5-3/h4H,1,5-6H2,2-3H3;3H,1-2H2. The fourth-order valence-corrected chi connectivity index (χ4v) is 0.723. The van der Waals surface area contributed by atoms with Crippen LogP contribution in [-0.2, 0) is 14.3 Å². The van der Waals surface area contributed by atoms with Gasteiger partial charge in [-0.2, -0.15) is 0 Å². The van der Waals surface area contributed by atoms with Crippen molar-refractivity contribution in [2.75, 3.05) is 39.7 Å². The van der Waals surface area contributed by atoms with Gasteiger partial charge in [-0.15, -0.1) is 11.6 Å². The fraction of sp³-hybridized carbons (Fsp3) is 0.700. The van der Waals surface area contributed by atoms with Gasteiger partial charge in [0.2, 0.25) is 0 Å². The van der Waals surface area contributed by atoms with Gasteiger partial charge in [0.1, 0.15) is 6.61 Å². The minimum atomic E-state index is -0.359. The Morgan fingerprint density at radius 2 is 2.33 bits per heavy atom. The number of carbonyl (C=O) groups excluding carboxylic acids is 1. The minimum absolute atomic E-state index is 0.359. The number of rotatable bonds is 5. The number of hydrogen-bond acceptors (Lipinski definition) is 4. The van der Waals surface area contributed by atoms with E-state index in [4.69, 9.17) is 21.1 Å². The van der Waals surface area contributed by atoms with Gasteiger partial charge < -0.3 is 14.4 Å². The van der Waals surface area contributed by atoms with Gasteiger partial charge in [-0.05, 0) is 14.1 Å². The number of carbonyl (C=O) groups is 1. The molecule has 1 rings (SSSR count). The average Bonchev–Trinajstić information content (AvgIpc) is 3.01. The van der Waals surface area contributed by atoms with Gasteiger partial charge in [-0.25, -0.2) is 4.79 Å². The summed E-state index contributed by atoms with van der Waals surface area (Å²) in [5, 5.41) is 0. The summed E-state index contributed by atoms with van der Waals surface area (Å²) in [6, 6.07) is 0. The van der Waals surface area contributed by atoms with Gasteiger partial charge in [0.05, 0.1) is 18.6 Å². The third kappa shape index (κ3) is 11.3. The molecule has 1 aliphatic heterocycles. The number of likely N-dealkylation sites (N-methyl/N-ethyl adjacent to an activating group) is 1. The third-order valence-electron chi connectivity index (χ3n) is 1.52. The molecule has 0 amide bonds. The molecule has 0 N–H and O–H groups in total. The lowest BCUT2D eigenvalue weighted by Gasteiger charge is -2.07. The molecule has 0 saturated carbocycles. The summed E-state index contributed by atoms with van der Waals surface area (Å²) in [5.74, 6) is 0.307. The molecule has 1 unspecified atom stereocenters. The highest BCUT2D eigenvalue weighted by Gasteiger charge is 2.19. The van der Waals surface area contributed by atoms with Crippen LogP contribution in [0.15, 0.2) is 12.7 Å². The summed E-state index contributed by atoms with van der Waals surface area (Å²) >= 11 is 5.27. The van der Waals surface area contributed by atoms with Crippen LogP contribution in [0.5, 0.6) is 0 Å². The van der Waals surface area contributed by atoms with Crippen LogP contribution in [0, 0.1) is 0 Å². The number of epoxide rings is 1. The summed E-state index contributed by atoms with van der Waals surface area (Å²) in [5.41, 5.74) is 0. The van der Waals surface area contributed by atoms with Crippen LogP contribution in [0.3, 0.4) is 0 Å². The first-order chi connectivity index (χ1) is 7.10.